The fourth-order valence-corrected chi connectivity index (χ4v) is 2.62. The van der Waals surface area contributed by atoms with E-state index in [0.717, 1.165) is 15.7 Å². The molecule has 0 unspecified atom stereocenters. The van der Waals surface area contributed by atoms with Gasteiger partial charge in [-0.25, -0.2) is 0 Å². The summed E-state index contributed by atoms with van der Waals surface area (Å²) in [5, 5.41) is 2.98. The first-order valence-corrected chi connectivity index (χ1v) is 6.16. The van der Waals surface area contributed by atoms with E-state index in [0.29, 0.717) is 18.7 Å². The van der Waals surface area contributed by atoms with Crippen LogP contribution in [0.25, 0.3) is 0 Å². The van der Waals surface area contributed by atoms with Crippen molar-refractivity contribution < 1.29 is 9.59 Å². The molecule has 1 amide bonds. The van der Waals surface area contributed by atoms with Gasteiger partial charge in [-0.1, -0.05) is 15.9 Å². The monoisotopic (exact) mass is 296 g/mol. The van der Waals surface area contributed by atoms with Crippen LogP contribution in [0.1, 0.15) is 15.9 Å². The minimum absolute atomic E-state index is 0.416. The number of aryl methyl sites for hydroxylation is 1. The molecule has 1 aliphatic rings. The van der Waals surface area contributed by atoms with Crippen molar-refractivity contribution in [3.8, 4) is 0 Å². The molecule has 90 valence electrons. The SMILES string of the molecule is CNCCN1C(=O)C(=O)c2cc(Br)cc(C)c21. The molecular weight excluding hydrogens is 284 g/mol. The van der Waals surface area contributed by atoms with Crippen LogP contribution in [0.5, 0.6) is 0 Å². The fraction of sp³-hybridized carbons (Fsp3) is 0.333. The van der Waals surface area contributed by atoms with Crippen molar-refractivity contribution in [2.75, 3.05) is 25.0 Å². The van der Waals surface area contributed by atoms with Gasteiger partial charge in [-0.15, -0.1) is 0 Å². The first-order valence-electron chi connectivity index (χ1n) is 5.37. The number of nitrogens with zero attached hydrogens (tertiary/aromatic N) is 1. The maximum atomic E-state index is 11.9. The van der Waals surface area contributed by atoms with Crippen LogP contribution in [0.3, 0.4) is 0 Å². The molecule has 1 aromatic rings. The van der Waals surface area contributed by atoms with Gasteiger partial charge in [0.05, 0.1) is 11.3 Å². The van der Waals surface area contributed by atoms with Crippen LogP contribution in [0.4, 0.5) is 5.69 Å². The van der Waals surface area contributed by atoms with Crippen LogP contribution < -0.4 is 10.2 Å². The summed E-state index contributed by atoms with van der Waals surface area (Å²) in [4.78, 5) is 25.3. The second-order valence-electron chi connectivity index (χ2n) is 4.01. The zero-order valence-electron chi connectivity index (χ0n) is 9.71. The van der Waals surface area contributed by atoms with E-state index >= 15 is 0 Å². The van der Waals surface area contributed by atoms with Gasteiger partial charge in [0, 0.05) is 17.6 Å². The van der Waals surface area contributed by atoms with Crippen molar-refractivity contribution in [3.63, 3.8) is 0 Å². The number of carbonyl (C=O) groups is 2. The van der Waals surface area contributed by atoms with Crippen molar-refractivity contribution in [1.82, 2.24) is 5.32 Å². The molecule has 5 heteroatoms. The first kappa shape index (κ1) is 12.3. The van der Waals surface area contributed by atoms with Gasteiger partial charge in [-0.3, -0.25) is 9.59 Å². The topological polar surface area (TPSA) is 49.4 Å². The van der Waals surface area contributed by atoms with Crippen molar-refractivity contribution in [1.29, 1.82) is 0 Å². The second kappa shape index (κ2) is 4.58. The third kappa shape index (κ3) is 2.00. The average Bonchev–Trinajstić information content (AvgIpc) is 2.51. The highest BCUT2D eigenvalue weighted by molar-refractivity contribution is 9.10. The Bertz CT molecular complexity index is 500. The molecular formula is C12H13BrN2O2. The molecule has 17 heavy (non-hydrogen) atoms. The number of carbonyl (C=O) groups excluding carboxylic acids is 2. The highest BCUT2D eigenvalue weighted by atomic mass is 79.9. The third-order valence-electron chi connectivity index (χ3n) is 2.80. The number of hydrogen-bond acceptors (Lipinski definition) is 3. The van der Waals surface area contributed by atoms with Crippen LogP contribution in [0, 0.1) is 6.92 Å². The highest BCUT2D eigenvalue weighted by Gasteiger charge is 2.36. The molecule has 2 rings (SSSR count). The Morgan fingerprint density at radius 2 is 2.06 bits per heavy atom. The smallest absolute Gasteiger partial charge is 0.299 e. The number of amides is 1. The molecule has 4 nitrogen and oxygen atoms in total. The number of benzene rings is 1. The summed E-state index contributed by atoms with van der Waals surface area (Å²) in [6.45, 7) is 3.08. The van der Waals surface area contributed by atoms with E-state index in [1.807, 2.05) is 20.0 Å². The molecule has 1 aromatic carbocycles. The number of nitrogens with one attached hydrogen (secondary N) is 1. The van der Waals surface area contributed by atoms with E-state index in [9.17, 15) is 9.59 Å². The second-order valence-corrected chi connectivity index (χ2v) is 4.92. The zero-order valence-corrected chi connectivity index (χ0v) is 11.3. The Kier molecular flexibility index (Phi) is 3.31. The molecule has 0 radical (unpaired) electrons. The summed E-state index contributed by atoms with van der Waals surface area (Å²) in [6, 6.07) is 3.62. The zero-order chi connectivity index (χ0) is 12.6. The molecule has 0 bridgehead atoms. The average molecular weight is 297 g/mol. The molecule has 1 heterocycles. The maximum Gasteiger partial charge on any atom is 0.299 e. The molecule has 0 saturated carbocycles. The minimum Gasteiger partial charge on any atom is -0.318 e. The lowest BCUT2D eigenvalue weighted by Crippen LogP contribution is -2.35. The van der Waals surface area contributed by atoms with E-state index in [1.54, 1.807) is 11.0 Å². The summed E-state index contributed by atoms with van der Waals surface area (Å²) in [5.74, 6) is -0.850. The van der Waals surface area contributed by atoms with Crippen LogP contribution in [-0.2, 0) is 4.79 Å². The maximum absolute atomic E-state index is 11.9. The first-order chi connectivity index (χ1) is 8.06. The van der Waals surface area contributed by atoms with Gasteiger partial charge >= 0.3 is 0 Å². The highest BCUT2D eigenvalue weighted by Crippen LogP contribution is 2.34. The Hall–Kier alpha value is -1.20. The number of halogens is 1. The van der Waals surface area contributed by atoms with E-state index in [2.05, 4.69) is 21.2 Å². The third-order valence-corrected chi connectivity index (χ3v) is 3.26. The summed E-state index contributed by atoms with van der Waals surface area (Å²) >= 11 is 3.34. The number of rotatable bonds is 3. The van der Waals surface area contributed by atoms with E-state index in [1.165, 1.54) is 0 Å². The Morgan fingerprint density at radius 1 is 1.35 bits per heavy atom. The minimum atomic E-state index is -0.434. The largest absolute Gasteiger partial charge is 0.318 e. The van der Waals surface area contributed by atoms with Gasteiger partial charge in [0.25, 0.3) is 11.7 Å². The van der Waals surface area contributed by atoms with Crippen LogP contribution in [0.2, 0.25) is 0 Å². The predicted molar refractivity (Wildman–Crippen MR) is 69.5 cm³/mol. The van der Waals surface area contributed by atoms with Gasteiger partial charge in [-0.2, -0.15) is 0 Å². The molecule has 0 saturated heterocycles. The van der Waals surface area contributed by atoms with E-state index in [-0.39, 0.29) is 0 Å². The summed E-state index contributed by atoms with van der Waals surface area (Å²) in [5.41, 5.74) is 2.18. The lowest BCUT2D eigenvalue weighted by molar-refractivity contribution is -0.114. The molecule has 0 aliphatic carbocycles. The summed E-state index contributed by atoms with van der Waals surface area (Å²) in [7, 11) is 1.82. The van der Waals surface area contributed by atoms with Crippen LogP contribution >= 0.6 is 15.9 Å². The van der Waals surface area contributed by atoms with E-state index in [4.69, 9.17) is 0 Å². The lowest BCUT2D eigenvalue weighted by Gasteiger charge is -2.18. The number of Topliss-reactive ketones (excluding diaryl/α,β-unsaturated/α-hetero) is 1. The van der Waals surface area contributed by atoms with Crippen molar-refractivity contribution >= 4 is 33.3 Å². The van der Waals surface area contributed by atoms with E-state index < -0.39 is 11.7 Å². The number of anilines is 1. The predicted octanol–water partition coefficient (Wildman–Crippen LogP) is 1.51. The summed E-state index contributed by atoms with van der Waals surface area (Å²) in [6.07, 6.45) is 0. The quantitative estimate of drug-likeness (QED) is 0.860. The molecule has 0 spiro atoms. The molecule has 0 atom stereocenters. The molecule has 1 N–H and O–H groups in total. The molecule has 1 aliphatic heterocycles. The van der Waals surface area contributed by atoms with Crippen LogP contribution in [0.15, 0.2) is 16.6 Å². The number of likely N-dealkylation sites (N-methyl/N-ethyl adjacent to an activating group) is 1. The fourth-order valence-electron chi connectivity index (χ4n) is 2.04. The lowest BCUT2D eigenvalue weighted by atomic mass is 10.1. The van der Waals surface area contributed by atoms with Gasteiger partial charge in [0.1, 0.15) is 0 Å². The Labute approximate surface area is 108 Å². The molecule has 0 aromatic heterocycles. The number of hydrogen-bond donors (Lipinski definition) is 1. The Balaban J connectivity index is 2.48. The van der Waals surface area contributed by atoms with Crippen molar-refractivity contribution in [3.05, 3.63) is 27.7 Å². The Morgan fingerprint density at radius 3 is 2.71 bits per heavy atom. The number of fused-ring (bicyclic) bond motifs is 1. The number of ketones is 1. The van der Waals surface area contributed by atoms with Crippen LogP contribution in [-0.4, -0.2) is 31.8 Å². The van der Waals surface area contributed by atoms with Gasteiger partial charge < -0.3 is 10.2 Å². The van der Waals surface area contributed by atoms with Crippen molar-refractivity contribution in [2.24, 2.45) is 0 Å². The molecule has 0 fully saturated rings. The van der Waals surface area contributed by atoms with Crippen molar-refractivity contribution in [2.45, 2.75) is 6.92 Å². The summed E-state index contributed by atoms with van der Waals surface area (Å²) < 4.78 is 0.824. The normalized spacial score (nSPS) is 14.4. The van der Waals surface area contributed by atoms with Gasteiger partial charge in [0.15, 0.2) is 0 Å². The van der Waals surface area contributed by atoms with Gasteiger partial charge in [-0.05, 0) is 31.7 Å². The van der Waals surface area contributed by atoms with Gasteiger partial charge in [0.2, 0.25) is 0 Å². The standard InChI is InChI=1S/C12H13BrN2O2/c1-7-5-8(13)6-9-10(7)15(4-3-14-2)12(17)11(9)16/h5-6,14H,3-4H2,1-2H3.